The summed E-state index contributed by atoms with van der Waals surface area (Å²) in [6.07, 6.45) is 0. The summed E-state index contributed by atoms with van der Waals surface area (Å²) >= 11 is 17.1. The molecule has 0 heterocycles. The number of alkyl halides is 1. The molecule has 0 aliphatic carbocycles. The molecule has 15 heavy (non-hydrogen) atoms. The van der Waals surface area contributed by atoms with Gasteiger partial charge in [0.1, 0.15) is 17.6 Å². The molecule has 0 aliphatic heterocycles. The van der Waals surface area contributed by atoms with Crippen LogP contribution in [0.4, 0.5) is 5.69 Å². The zero-order valence-electron chi connectivity index (χ0n) is 7.47. The fourth-order valence-corrected chi connectivity index (χ4v) is 1.53. The van der Waals surface area contributed by atoms with Crippen molar-refractivity contribution in [2.45, 2.75) is 0 Å². The molecule has 6 heteroatoms. The molecule has 0 aromatic heterocycles. The molecule has 0 unspecified atom stereocenters. The molecule has 1 aromatic rings. The van der Waals surface area contributed by atoms with E-state index in [1.165, 1.54) is 12.1 Å². The first-order valence-corrected chi connectivity index (χ1v) is 5.15. The molecule has 0 atom stereocenters. The maximum absolute atomic E-state index is 8.84. The lowest BCUT2D eigenvalue weighted by Crippen LogP contribution is -2.12. The largest absolute Gasteiger partial charge is 0.386 e. The van der Waals surface area contributed by atoms with Gasteiger partial charge in [0.15, 0.2) is 0 Å². The van der Waals surface area contributed by atoms with Crippen LogP contribution in [0.25, 0.3) is 0 Å². The molecular weight excluding hydrogens is 256 g/mol. The van der Waals surface area contributed by atoms with Gasteiger partial charge in [0.25, 0.3) is 0 Å². The minimum atomic E-state index is 0.0732. The summed E-state index contributed by atoms with van der Waals surface area (Å²) in [5, 5.41) is 9.49. The number of rotatable bonds is 2. The first-order chi connectivity index (χ1) is 7.08. The van der Waals surface area contributed by atoms with E-state index in [-0.39, 0.29) is 22.3 Å². The van der Waals surface area contributed by atoms with Crippen LogP contribution in [0.1, 0.15) is 5.56 Å². The highest BCUT2D eigenvalue weighted by Crippen LogP contribution is 2.32. The van der Waals surface area contributed by atoms with E-state index in [0.717, 1.165) is 0 Å². The monoisotopic (exact) mass is 261 g/mol. The fraction of sp³-hybridized carbons (Fsp3) is 0.111. The van der Waals surface area contributed by atoms with Crippen LogP contribution in [0.2, 0.25) is 10.0 Å². The second-order valence-electron chi connectivity index (χ2n) is 2.63. The van der Waals surface area contributed by atoms with Crippen molar-refractivity contribution in [2.75, 3.05) is 5.88 Å². The highest BCUT2D eigenvalue weighted by molar-refractivity contribution is 6.36. The van der Waals surface area contributed by atoms with E-state index in [0.29, 0.717) is 10.7 Å². The average molecular weight is 263 g/mol. The maximum Gasteiger partial charge on any atom is 0.115 e. The van der Waals surface area contributed by atoms with Gasteiger partial charge in [-0.1, -0.05) is 23.2 Å². The standard InChI is InChI=1S/C9H6Cl3N3/c10-3-8(14)15-9-5(4-13)1-6(11)2-7(9)12/h1-2H,3H2,(H2,14,15). The summed E-state index contributed by atoms with van der Waals surface area (Å²) < 4.78 is 0. The smallest absolute Gasteiger partial charge is 0.115 e. The van der Waals surface area contributed by atoms with Crippen LogP contribution in [-0.2, 0) is 0 Å². The third kappa shape index (κ3) is 3.00. The van der Waals surface area contributed by atoms with Crippen LogP contribution in [0.5, 0.6) is 0 Å². The summed E-state index contributed by atoms with van der Waals surface area (Å²) in [6, 6.07) is 4.89. The van der Waals surface area contributed by atoms with Gasteiger partial charge in [0, 0.05) is 5.02 Å². The number of nitrogens with two attached hydrogens (primary N) is 1. The van der Waals surface area contributed by atoms with E-state index in [1.54, 1.807) is 0 Å². The van der Waals surface area contributed by atoms with Crippen LogP contribution >= 0.6 is 34.8 Å². The number of halogens is 3. The van der Waals surface area contributed by atoms with Crippen molar-refractivity contribution >= 4 is 46.3 Å². The molecule has 0 saturated heterocycles. The summed E-state index contributed by atoms with van der Waals surface area (Å²) in [5.74, 6) is 0.265. The number of hydrogen-bond acceptors (Lipinski definition) is 2. The minimum Gasteiger partial charge on any atom is -0.386 e. The SMILES string of the molecule is N#Cc1cc(Cl)cc(Cl)c1N=C(N)CCl. The fourth-order valence-electron chi connectivity index (χ4n) is 0.938. The Morgan fingerprint density at radius 2 is 2.13 bits per heavy atom. The van der Waals surface area contributed by atoms with E-state index in [2.05, 4.69) is 4.99 Å². The molecule has 0 fully saturated rings. The highest BCUT2D eigenvalue weighted by Gasteiger charge is 2.08. The molecule has 1 aromatic carbocycles. The molecule has 3 nitrogen and oxygen atoms in total. The summed E-state index contributed by atoms with van der Waals surface area (Å²) in [4.78, 5) is 3.94. The Morgan fingerprint density at radius 1 is 1.47 bits per heavy atom. The summed E-state index contributed by atoms with van der Waals surface area (Å²) in [5.41, 5.74) is 6.01. The number of nitriles is 1. The Labute approximate surface area is 102 Å². The van der Waals surface area contributed by atoms with Crippen molar-refractivity contribution in [1.29, 1.82) is 5.26 Å². The molecule has 0 spiro atoms. The Hall–Kier alpha value is -0.950. The number of amidine groups is 1. The molecular formula is C9H6Cl3N3. The van der Waals surface area contributed by atoms with Gasteiger partial charge in [-0.15, -0.1) is 11.6 Å². The average Bonchev–Trinajstić information content (AvgIpc) is 2.21. The number of benzene rings is 1. The van der Waals surface area contributed by atoms with Gasteiger partial charge in [-0.05, 0) is 12.1 Å². The Kier molecular flexibility index (Phi) is 4.22. The third-order valence-electron chi connectivity index (χ3n) is 1.54. The second kappa shape index (κ2) is 5.22. The van der Waals surface area contributed by atoms with Crippen LogP contribution in [0.3, 0.4) is 0 Å². The van der Waals surface area contributed by atoms with Gasteiger partial charge in [0.05, 0.1) is 16.5 Å². The predicted molar refractivity (Wildman–Crippen MR) is 63.2 cm³/mol. The van der Waals surface area contributed by atoms with Crippen LogP contribution in [-0.4, -0.2) is 11.7 Å². The molecule has 0 bridgehead atoms. The first kappa shape index (κ1) is 12.1. The van der Waals surface area contributed by atoms with Gasteiger partial charge < -0.3 is 5.73 Å². The molecule has 0 aliphatic rings. The number of aliphatic imine (C=N–C) groups is 1. The molecule has 0 saturated carbocycles. The Balaban J connectivity index is 3.35. The van der Waals surface area contributed by atoms with Gasteiger partial charge in [-0.2, -0.15) is 5.26 Å². The molecule has 0 radical (unpaired) electrons. The van der Waals surface area contributed by atoms with Gasteiger partial charge in [-0.25, -0.2) is 4.99 Å². The van der Waals surface area contributed by atoms with Crippen molar-refractivity contribution in [3.8, 4) is 6.07 Å². The van der Waals surface area contributed by atoms with Crippen LogP contribution in [0.15, 0.2) is 17.1 Å². The van der Waals surface area contributed by atoms with Crippen molar-refractivity contribution in [1.82, 2.24) is 0 Å². The van der Waals surface area contributed by atoms with Crippen LogP contribution in [0, 0.1) is 11.3 Å². The molecule has 1 rings (SSSR count). The number of nitrogens with zero attached hydrogens (tertiary/aromatic N) is 2. The zero-order valence-corrected chi connectivity index (χ0v) is 9.74. The normalized spacial score (nSPS) is 11.2. The van der Waals surface area contributed by atoms with Crippen molar-refractivity contribution in [3.05, 3.63) is 27.7 Å². The van der Waals surface area contributed by atoms with Crippen molar-refractivity contribution in [2.24, 2.45) is 10.7 Å². The highest BCUT2D eigenvalue weighted by atomic mass is 35.5. The Bertz CT molecular complexity index is 449. The van der Waals surface area contributed by atoms with E-state index >= 15 is 0 Å². The first-order valence-electron chi connectivity index (χ1n) is 3.86. The summed E-state index contributed by atoms with van der Waals surface area (Å²) in [7, 11) is 0. The lowest BCUT2D eigenvalue weighted by Gasteiger charge is -2.03. The van der Waals surface area contributed by atoms with E-state index in [9.17, 15) is 0 Å². The van der Waals surface area contributed by atoms with Gasteiger partial charge in [-0.3, -0.25) is 0 Å². The third-order valence-corrected chi connectivity index (χ3v) is 2.32. The van der Waals surface area contributed by atoms with E-state index in [4.69, 9.17) is 45.8 Å². The zero-order chi connectivity index (χ0) is 11.4. The minimum absolute atomic E-state index is 0.0732. The lowest BCUT2D eigenvalue weighted by atomic mass is 10.2. The Morgan fingerprint density at radius 3 is 2.67 bits per heavy atom. The quantitative estimate of drug-likeness (QED) is 0.506. The van der Waals surface area contributed by atoms with Crippen LogP contribution < -0.4 is 5.73 Å². The molecule has 0 amide bonds. The van der Waals surface area contributed by atoms with E-state index < -0.39 is 0 Å². The maximum atomic E-state index is 8.84. The lowest BCUT2D eigenvalue weighted by molar-refractivity contribution is 1.41. The van der Waals surface area contributed by atoms with Crippen molar-refractivity contribution in [3.63, 3.8) is 0 Å². The van der Waals surface area contributed by atoms with Gasteiger partial charge in [0.2, 0.25) is 0 Å². The van der Waals surface area contributed by atoms with Gasteiger partial charge >= 0.3 is 0 Å². The number of hydrogen-bond donors (Lipinski definition) is 1. The second-order valence-corrected chi connectivity index (χ2v) is 3.74. The topological polar surface area (TPSA) is 62.2 Å². The molecule has 78 valence electrons. The van der Waals surface area contributed by atoms with E-state index in [1.807, 2.05) is 6.07 Å². The predicted octanol–water partition coefficient (Wildman–Crippen LogP) is 3.09. The molecule has 2 N–H and O–H groups in total. The van der Waals surface area contributed by atoms with Crippen molar-refractivity contribution < 1.29 is 0 Å². The summed E-state index contributed by atoms with van der Waals surface area (Å²) in [6.45, 7) is 0.